The van der Waals surface area contributed by atoms with Crippen LogP contribution in [0.5, 0.6) is 11.5 Å². The number of rotatable bonds is 6. The van der Waals surface area contributed by atoms with Crippen LogP contribution >= 0.6 is 23.1 Å². The Hall–Kier alpha value is -4.08. The summed E-state index contributed by atoms with van der Waals surface area (Å²) < 4.78 is 18.6. The first kappa shape index (κ1) is 25.2. The maximum Gasteiger partial charge on any atom is 0.338 e. The summed E-state index contributed by atoms with van der Waals surface area (Å²) in [6, 6.07) is 22.3. The van der Waals surface area contributed by atoms with Gasteiger partial charge in [0.05, 0.1) is 28.5 Å². The lowest BCUT2D eigenvalue weighted by Crippen LogP contribution is -2.40. The molecule has 6 rings (SSSR count). The quantitative estimate of drug-likeness (QED) is 0.259. The van der Waals surface area contributed by atoms with E-state index < -0.39 is 12.0 Å². The normalized spacial score (nSPS) is 16.2. The predicted molar refractivity (Wildman–Crippen MR) is 152 cm³/mol. The number of fused-ring (bicyclic) bond motifs is 2. The van der Waals surface area contributed by atoms with Crippen LogP contribution in [0.1, 0.15) is 29.7 Å². The van der Waals surface area contributed by atoms with E-state index in [1.807, 2.05) is 85.1 Å². The minimum Gasteiger partial charge on any atom is -0.463 e. The Morgan fingerprint density at radius 1 is 1.10 bits per heavy atom. The summed E-state index contributed by atoms with van der Waals surface area (Å²) in [7, 11) is 0. The van der Waals surface area contributed by atoms with E-state index in [4.69, 9.17) is 19.2 Å². The molecule has 2 aliphatic heterocycles. The average Bonchev–Trinajstić information content (AvgIpc) is 3.56. The second-order valence-corrected chi connectivity index (χ2v) is 10.7. The molecule has 0 amide bonds. The lowest BCUT2D eigenvalue weighted by Gasteiger charge is -2.26. The molecule has 4 aromatic rings. The summed E-state index contributed by atoms with van der Waals surface area (Å²) in [6.45, 7) is 2.15. The van der Waals surface area contributed by atoms with Crippen LogP contribution in [0, 0.1) is 0 Å². The molecule has 3 heterocycles. The number of hydrogen-bond acceptors (Lipinski definition) is 8. The third-order valence-electron chi connectivity index (χ3n) is 6.50. The number of carbonyl (C=O) groups excluding carboxylic acids is 1. The smallest absolute Gasteiger partial charge is 0.338 e. The first-order valence-corrected chi connectivity index (χ1v) is 14.4. The minimum atomic E-state index is -0.703. The van der Waals surface area contributed by atoms with Crippen LogP contribution in [0.3, 0.4) is 0 Å². The van der Waals surface area contributed by atoms with Gasteiger partial charge in [-0.3, -0.25) is 9.36 Å². The Labute approximate surface area is 232 Å². The lowest BCUT2D eigenvalue weighted by atomic mass is 9.93. The van der Waals surface area contributed by atoms with Crippen molar-refractivity contribution in [1.82, 2.24) is 4.57 Å². The molecular formula is C30H24N2O5S2. The number of thiazole rings is 1. The number of esters is 1. The van der Waals surface area contributed by atoms with Crippen LogP contribution in [0.15, 0.2) is 93.1 Å². The second-order valence-electron chi connectivity index (χ2n) is 8.82. The van der Waals surface area contributed by atoms with E-state index in [-0.39, 0.29) is 19.0 Å². The molecule has 1 atom stereocenters. The van der Waals surface area contributed by atoms with E-state index in [0.29, 0.717) is 32.1 Å². The predicted octanol–water partition coefficient (Wildman–Crippen LogP) is 4.39. The van der Waals surface area contributed by atoms with Gasteiger partial charge in [-0.05, 0) is 54.6 Å². The fourth-order valence-corrected chi connectivity index (χ4v) is 6.11. The van der Waals surface area contributed by atoms with Gasteiger partial charge in [-0.25, -0.2) is 9.79 Å². The summed E-state index contributed by atoms with van der Waals surface area (Å²) in [4.78, 5) is 34.0. The molecule has 0 N–H and O–H groups in total. The van der Waals surface area contributed by atoms with Crippen molar-refractivity contribution in [2.24, 2.45) is 4.99 Å². The van der Waals surface area contributed by atoms with Gasteiger partial charge in [0.15, 0.2) is 16.3 Å². The number of ether oxygens (including phenoxy) is 3. The van der Waals surface area contributed by atoms with Crippen LogP contribution in [0.25, 0.3) is 11.8 Å². The molecule has 2 aliphatic rings. The minimum absolute atomic E-state index is 0.176. The summed E-state index contributed by atoms with van der Waals surface area (Å²) in [5, 5.41) is 0. The highest BCUT2D eigenvalue weighted by molar-refractivity contribution is 7.98. The van der Waals surface area contributed by atoms with E-state index in [1.165, 1.54) is 11.3 Å². The summed E-state index contributed by atoms with van der Waals surface area (Å²) in [5.74, 6) is 0.817. The second kappa shape index (κ2) is 10.6. The average molecular weight is 557 g/mol. The molecule has 7 nitrogen and oxygen atoms in total. The number of thioether (sulfide) groups is 1. The highest BCUT2D eigenvalue weighted by atomic mass is 32.2. The molecular weight excluding hydrogens is 532 g/mol. The fourth-order valence-electron chi connectivity index (χ4n) is 4.70. The molecule has 0 fully saturated rings. The molecule has 0 saturated heterocycles. The van der Waals surface area contributed by atoms with E-state index >= 15 is 0 Å². The third kappa shape index (κ3) is 4.68. The number of hydrogen-bond donors (Lipinski definition) is 0. The van der Waals surface area contributed by atoms with Crippen LogP contribution in [0.2, 0.25) is 0 Å². The Bertz CT molecular complexity index is 1770. The van der Waals surface area contributed by atoms with Gasteiger partial charge in [-0.15, -0.1) is 11.8 Å². The first-order valence-electron chi connectivity index (χ1n) is 12.4. The summed E-state index contributed by atoms with van der Waals surface area (Å²) in [5.41, 5.74) is 2.99. The molecule has 0 saturated carbocycles. The molecule has 1 unspecified atom stereocenters. The number of benzene rings is 3. The van der Waals surface area contributed by atoms with Crippen molar-refractivity contribution in [2.45, 2.75) is 17.9 Å². The van der Waals surface area contributed by atoms with E-state index in [2.05, 4.69) is 0 Å². The van der Waals surface area contributed by atoms with Crippen LogP contribution in [-0.4, -0.2) is 30.2 Å². The van der Waals surface area contributed by atoms with Gasteiger partial charge in [-0.1, -0.05) is 59.9 Å². The third-order valence-corrected chi connectivity index (χ3v) is 8.23. The molecule has 3 aromatic carbocycles. The maximum absolute atomic E-state index is 14.0. The molecule has 196 valence electrons. The largest absolute Gasteiger partial charge is 0.463 e. The maximum atomic E-state index is 14.0. The number of carbonyl (C=O) groups is 1. The van der Waals surface area contributed by atoms with Gasteiger partial charge < -0.3 is 14.2 Å². The van der Waals surface area contributed by atoms with Gasteiger partial charge in [-0.2, -0.15) is 0 Å². The fraction of sp³-hybridized carbons (Fsp3) is 0.167. The van der Waals surface area contributed by atoms with Crippen LogP contribution < -0.4 is 24.4 Å². The molecule has 0 bridgehead atoms. The Morgan fingerprint density at radius 2 is 1.87 bits per heavy atom. The zero-order chi connectivity index (χ0) is 26.9. The van der Waals surface area contributed by atoms with Gasteiger partial charge in [0.25, 0.3) is 5.56 Å². The number of nitrogens with zero attached hydrogens (tertiary/aromatic N) is 2. The molecule has 9 heteroatoms. The van der Waals surface area contributed by atoms with Crippen molar-refractivity contribution in [3.05, 3.63) is 115 Å². The van der Waals surface area contributed by atoms with Crippen molar-refractivity contribution in [2.75, 3.05) is 19.7 Å². The molecule has 39 heavy (non-hydrogen) atoms. The van der Waals surface area contributed by atoms with Gasteiger partial charge in [0, 0.05) is 10.5 Å². The van der Waals surface area contributed by atoms with Crippen molar-refractivity contribution >= 4 is 40.8 Å². The van der Waals surface area contributed by atoms with Crippen molar-refractivity contribution in [3.63, 3.8) is 0 Å². The molecule has 1 aromatic heterocycles. The van der Waals surface area contributed by atoms with Crippen molar-refractivity contribution in [3.8, 4) is 11.5 Å². The van der Waals surface area contributed by atoms with Crippen molar-refractivity contribution in [1.29, 1.82) is 0 Å². The molecule has 0 spiro atoms. The highest BCUT2D eigenvalue weighted by Gasteiger charge is 2.35. The Balaban J connectivity index is 1.61. The zero-order valence-electron chi connectivity index (χ0n) is 21.2. The van der Waals surface area contributed by atoms with E-state index in [1.54, 1.807) is 23.3 Å². The topological polar surface area (TPSA) is 79.1 Å². The zero-order valence-corrected chi connectivity index (χ0v) is 22.9. The van der Waals surface area contributed by atoms with Crippen LogP contribution in [0.4, 0.5) is 0 Å². The van der Waals surface area contributed by atoms with Crippen LogP contribution in [-0.2, 0) is 9.53 Å². The first-order chi connectivity index (χ1) is 19.1. The van der Waals surface area contributed by atoms with Gasteiger partial charge in [0.2, 0.25) is 6.79 Å². The highest BCUT2D eigenvalue weighted by Crippen LogP contribution is 2.36. The van der Waals surface area contributed by atoms with E-state index in [9.17, 15) is 9.59 Å². The monoisotopic (exact) mass is 556 g/mol. The summed E-state index contributed by atoms with van der Waals surface area (Å²) >= 11 is 2.91. The Kier molecular flexibility index (Phi) is 6.85. The lowest BCUT2D eigenvalue weighted by molar-refractivity contribution is -0.138. The van der Waals surface area contributed by atoms with E-state index in [0.717, 1.165) is 21.6 Å². The molecule has 0 aliphatic carbocycles. The summed E-state index contributed by atoms with van der Waals surface area (Å²) in [6.07, 6.45) is 3.82. The van der Waals surface area contributed by atoms with Crippen molar-refractivity contribution < 1.29 is 19.0 Å². The number of aromatic nitrogens is 1. The Morgan fingerprint density at radius 3 is 2.62 bits per heavy atom. The SMILES string of the molecule is CCOC(=O)C1=C(c2ccccc2)N=c2s/c(=C\c3ccc4c(c3)OCO4)c(=O)n2C1c1ccc(SC)cc1. The standard InChI is InChI=1S/C30H24N2O5S2/c1-3-35-29(34)25-26(19-7-5-4-6-8-19)31-30-32(27(25)20-10-12-21(38-2)13-11-20)28(33)24(39-30)16-18-9-14-22-23(15-18)37-17-36-22/h4-16,27H,3,17H2,1-2H3/b24-16-. The molecule has 0 radical (unpaired) electrons. The van der Waals surface area contributed by atoms with Gasteiger partial charge >= 0.3 is 5.97 Å². The van der Waals surface area contributed by atoms with Gasteiger partial charge in [0.1, 0.15) is 0 Å².